The first kappa shape index (κ1) is 18.6. The minimum absolute atomic E-state index is 0.0557. The maximum atomic E-state index is 12.9. The van der Waals surface area contributed by atoms with E-state index in [9.17, 15) is 4.79 Å². The van der Waals surface area contributed by atoms with Crippen LogP contribution in [-0.2, 0) is 11.8 Å². The predicted molar refractivity (Wildman–Crippen MR) is 110 cm³/mol. The number of pyridine rings is 1. The number of rotatable bonds is 4. The zero-order chi connectivity index (χ0) is 19.7. The molecule has 146 valence electrons. The van der Waals surface area contributed by atoms with Crippen LogP contribution in [-0.4, -0.2) is 50.4 Å². The zero-order valence-electron chi connectivity index (χ0n) is 16.6. The fraction of sp³-hybridized carbons (Fsp3) is 0.429. The van der Waals surface area contributed by atoms with Crippen molar-refractivity contribution >= 4 is 22.5 Å². The summed E-state index contributed by atoms with van der Waals surface area (Å²) < 4.78 is 1.68. The second-order valence-corrected chi connectivity index (χ2v) is 7.86. The number of anilines is 1. The van der Waals surface area contributed by atoms with Gasteiger partial charge in [-0.3, -0.25) is 9.48 Å². The van der Waals surface area contributed by atoms with Gasteiger partial charge in [-0.1, -0.05) is 31.2 Å². The van der Waals surface area contributed by atoms with Gasteiger partial charge in [0, 0.05) is 29.6 Å². The second-order valence-electron chi connectivity index (χ2n) is 7.86. The summed E-state index contributed by atoms with van der Waals surface area (Å²) in [6.45, 7) is 7.19. The van der Waals surface area contributed by atoms with Gasteiger partial charge in [0.2, 0.25) is 5.91 Å². The number of nitrogens with zero attached hydrogens (tertiary/aromatic N) is 5. The molecule has 0 unspecified atom stereocenters. The highest BCUT2D eigenvalue weighted by Crippen LogP contribution is 2.32. The number of amides is 1. The molecule has 7 heteroatoms. The van der Waals surface area contributed by atoms with Crippen LogP contribution in [0.4, 0.5) is 5.82 Å². The van der Waals surface area contributed by atoms with Gasteiger partial charge in [0.15, 0.2) is 0 Å². The van der Waals surface area contributed by atoms with Crippen molar-refractivity contribution in [3.63, 3.8) is 0 Å². The van der Waals surface area contributed by atoms with Crippen LogP contribution in [0.3, 0.4) is 0 Å². The molecule has 0 atom stereocenters. The van der Waals surface area contributed by atoms with Crippen molar-refractivity contribution in [2.45, 2.75) is 26.7 Å². The third kappa shape index (κ3) is 3.62. The summed E-state index contributed by atoms with van der Waals surface area (Å²) in [7, 11) is 1.85. The lowest BCUT2D eigenvalue weighted by atomic mass is 9.79. The Morgan fingerprint density at radius 1 is 1.21 bits per heavy atom. The van der Waals surface area contributed by atoms with E-state index in [1.54, 1.807) is 10.9 Å². The molecule has 0 radical (unpaired) electrons. The number of carbonyl (C=O) groups excluding carboxylic acids is 1. The monoisotopic (exact) mass is 378 g/mol. The number of piperidine rings is 1. The molecule has 2 aromatic heterocycles. The Morgan fingerprint density at radius 2 is 2.00 bits per heavy atom. The summed E-state index contributed by atoms with van der Waals surface area (Å²) in [6, 6.07) is 8.00. The minimum Gasteiger partial charge on any atom is -0.310 e. The molecule has 0 bridgehead atoms. The number of aromatic nitrogens is 4. The lowest BCUT2D eigenvalue weighted by molar-refractivity contribution is -0.127. The van der Waals surface area contributed by atoms with Crippen LogP contribution >= 0.6 is 0 Å². The molecule has 1 aliphatic rings. The number of carbonyl (C=O) groups is 1. The highest BCUT2D eigenvalue weighted by molar-refractivity contribution is 5.96. The molecular formula is C21H26N6O. The quantitative estimate of drug-likeness (QED) is 0.755. The van der Waals surface area contributed by atoms with E-state index in [-0.39, 0.29) is 11.3 Å². The second kappa shape index (κ2) is 7.31. The zero-order valence-corrected chi connectivity index (χ0v) is 16.6. The van der Waals surface area contributed by atoms with E-state index in [1.807, 2.05) is 31.4 Å². The number of fused-ring (bicyclic) bond motifs is 1. The molecule has 28 heavy (non-hydrogen) atoms. The maximum absolute atomic E-state index is 12.9. The normalized spacial score (nSPS) is 17.0. The molecule has 1 aromatic carbocycles. The number of hydrogen-bond donors (Lipinski definition) is 1. The van der Waals surface area contributed by atoms with E-state index in [1.165, 1.54) is 0 Å². The van der Waals surface area contributed by atoms with Gasteiger partial charge in [0.1, 0.15) is 11.5 Å². The van der Waals surface area contributed by atoms with Crippen LogP contribution in [0.25, 0.3) is 22.0 Å². The molecule has 0 spiro atoms. The summed E-state index contributed by atoms with van der Waals surface area (Å²) in [5, 5.41) is 13.2. The Balaban J connectivity index is 1.54. The molecule has 3 heterocycles. The highest BCUT2D eigenvalue weighted by atomic mass is 16.2. The first-order valence-corrected chi connectivity index (χ1v) is 9.77. The summed E-state index contributed by atoms with van der Waals surface area (Å²) in [4.78, 5) is 19.7. The number of benzene rings is 1. The van der Waals surface area contributed by atoms with Crippen LogP contribution < -0.4 is 5.32 Å². The molecule has 4 rings (SSSR count). The van der Waals surface area contributed by atoms with Crippen molar-refractivity contribution in [2.75, 3.05) is 25.0 Å². The van der Waals surface area contributed by atoms with E-state index in [2.05, 4.69) is 45.4 Å². The van der Waals surface area contributed by atoms with Crippen molar-refractivity contribution in [2.24, 2.45) is 12.5 Å². The van der Waals surface area contributed by atoms with Gasteiger partial charge >= 0.3 is 0 Å². The Hall–Kier alpha value is -2.80. The molecule has 0 saturated carbocycles. The molecular weight excluding hydrogens is 352 g/mol. The van der Waals surface area contributed by atoms with E-state index >= 15 is 0 Å². The lowest BCUT2D eigenvalue weighted by Crippen LogP contribution is -2.44. The van der Waals surface area contributed by atoms with Crippen molar-refractivity contribution in [1.29, 1.82) is 0 Å². The van der Waals surface area contributed by atoms with Crippen molar-refractivity contribution in [1.82, 2.24) is 24.9 Å². The number of nitrogens with one attached hydrogen (secondary N) is 1. The van der Waals surface area contributed by atoms with E-state index < -0.39 is 0 Å². The average molecular weight is 378 g/mol. The molecule has 1 fully saturated rings. The van der Waals surface area contributed by atoms with Crippen molar-refractivity contribution in [3.05, 3.63) is 36.7 Å². The smallest absolute Gasteiger partial charge is 0.231 e. The molecule has 1 N–H and O–H groups in total. The maximum Gasteiger partial charge on any atom is 0.231 e. The predicted octanol–water partition coefficient (Wildman–Crippen LogP) is 3.09. The van der Waals surface area contributed by atoms with Gasteiger partial charge in [-0.25, -0.2) is 4.98 Å². The number of likely N-dealkylation sites (tertiary alicyclic amines) is 1. The molecule has 7 nitrogen and oxygen atoms in total. The average Bonchev–Trinajstić information content (AvgIpc) is 3.14. The first-order valence-electron chi connectivity index (χ1n) is 9.77. The van der Waals surface area contributed by atoms with E-state index in [4.69, 9.17) is 0 Å². The number of aryl methyl sites for hydroxylation is 1. The van der Waals surface area contributed by atoms with E-state index in [0.29, 0.717) is 5.82 Å². The van der Waals surface area contributed by atoms with Crippen LogP contribution in [0, 0.1) is 5.41 Å². The third-order valence-electron chi connectivity index (χ3n) is 5.82. The van der Waals surface area contributed by atoms with Gasteiger partial charge in [-0.15, -0.1) is 5.10 Å². The molecule has 1 amide bonds. The molecule has 1 saturated heterocycles. The summed E-state index contributed by atoms with van der Waals surface area (Å²) in [6.07, 6.45) is 5.43. The van der Waals surface area contributed by atoms with Gasteiger partial charge < -0.3 is 10.2 Å². The van der Waals surface area contributed by atoms with Crippen LogP contribution in [0.5, 0.6) is 0 Å². The summed E-state index contributed by atoms with van der Waals surface area (Å²) in [5.74, 6) is 0.646. The SMILES string of the molecule is CCN1CCC(C)(C(=O)Nc2cc3cc(-c4cn(C)nn4)ccc3cn2)CC1. The van der Waals surface area contributed by atoms with Crippen LogP contribution in [0.2, 0.25) is 0 Å². The van der Waals surface area contributed by atoms with Crippen molar-refractivity contribution < 1.29 is 4.79 Å². The van der Waals surface area contributed by atoms with Gasteiger partial charge in [-0.2, -0.15) is 0 Å². The lowest BCUT2D eigenvalue weighted by Gasteiger charge is -2.37. The standard InChI is InChI=1S/C21H26N6O/c1-4-27-9-7-21(2,8-10-27)20(28)23-19-12-17-11-15(5-6-16(17)13-22-19)18-14-26(3)25-24-18/h5-6,11-14H,4,7-10H2,1-3H3,(H,22,23,28). The first-order chi connectivity index (χ1) is 13.5. The third-order valence-corrected chi connectivity index (χ3v) is 5.82. The van der Waals surface area contributed by atoms with Crippen LogP contribution in [0.1, 0.15) is 26.7 Å². The molecule has 1 aliphatic heterocycles. The molecule has 3 aromatic rings. The minimum atomic E-state index is -0.343. The topological polar surface area (TPSA) is 75.9 Å². The fourth-order valence-electron chi connectivity index (χ4n) is 3.71. The summed E-state index contributed by atoms with van der Waals surface area (Å²) >= 11 is 0. The largest absolute Gasteiger partial charge is 0.310 e. The van der Waals surface area contributed by atoms with Gasteiger partial charge in [0.25, 0.3) is 0 Å². The Labute approximate surface area is 164 Å². The van der Waals surface area contributed by atoms with Gasteiger partial charge in [-0.05, 0) is 50.0 Å². The van der Waals surface area contributed by atoms with Crippen molar-refractivity contribution in [3.8, 4) is 11.3 Å². The number of hydrogen-bond acceptors (Lipinski definition) is 5. The highest BCUT2D eigenvalue weighted by Gasteiger charge is 2.36. The molecule has 0 aliphatic carbocycles. The Morgan fingerprint density at radius 3 is 2.68 bits per heavy atom. The van der Waals surface area contributed by atoms with E-state index in [0.717, 1.165) is 54.5 Å². The Bertz CT molecular complexity index is 1000. The fourth-order valence-corrected chi connectivity index (χ4v) is 3.71. The van der Waals surface area contributed by atoms with Crippen LogP contribution in [0.15, 0.2) is 36.7 Å². The van der Waals surface area contributed by atoms with Gasteiger partial charge in [0.05, 0.1) is 6.20 Å². The Kier molecular flexibility index (Phi) is 4.85. The summed E-state index contributed by atoms with van der Waals surface area (Å²) in [5.41, 5.74) is 1.47.